The Labute approximate surface area is 86.9 Å². The molecule has 0 aliphatic carbocycles. The lowest BCUT2D eigenvalue weighted by Crippen LogP contribution is -1.83. The summed E-state index contributed by atoms with van der Waals surface area (Å²) in [6, 6.07) is 3.73. The van der Waals surface area contributed by atoms with Gasteiger partial charge in [0.05, 0.1) is 10.3 Å². The third-order valence-corrected chi connectivity index (χ3v) is 3.42. The molecule has 1 N–H and O–H groups in total. The standard InChI is InChI=1S/C9H5BrO2S/c10-7-3-5-1-2-13-9(5)8(12)6(7)4-11/h1-4,12H. The normalized spacial score (nSPS) is 10.5. The van der Waals surface area contributed by atoms with Gasteiger partial charge in [-0.1, -0.05) is 0 Å². The summed E-state index contributed by atoms with van der Waals surface area (Å²) in [5, 5.41) is 12.5. The first kappa shape index (κ1) is 8.72. The number of aldehydes is 1. The van der Waals surface area contributed by atoms with Crippen molar-refractivity contribution in [1.29, 1.82) is 0 Å². The molecule has 1 heterocycles. The minimum absolute atomic E-state index is 0.0642. The highest BCUT2D eigenvalue weighted by Crippen LogP contribution is 2.36. The highest BCUT2D eigenvalue weighted by atomic mass is 79.9. The molecule has 0 fully saturated rings. The van der Waals surface area contributed by atoms with Crippen molar-refractivity contribution in [3.63, 3.8) is 0 Å². The molecule has 0 amide bonds. The monoisotopic (exact) mass is 256 g/mol. The molecule has 1 aromatic carbocycles. The van der Waals surface area contributed by atoms with Crippen LogP contribution in [-0.4, -0.2) is 11.4 Å². The number of carbonyl (C=O) groups excluding carboxylic acids is 1. The maximum atomic E-state index is 10.6. The number of carbonyl (C=O) groups is 1. The Balaban J connectivity index is 2.92. The number of benzene rings is 1. The van der Waals surface area contributed by atoms with Crippen LogP contribution in [0.5, 0.6) is 5.75 Å². The Kier molecular flexibility index (Phi) is 2.09. The van der Waals surface area contributed by atoms with Gasteiger partial charge in [0.2, 0.25) is 0 Å². The summed E-state index contributed by atoms with van der Waals surface area (Å²) in [4.78, 5) is 10.6. The Morgan fingerprint density at radius 3 is 3.00 bits per heavy atom. The number of fused-ring (bicyclic) bond motifs is 1. The lowest BCUT2D eigenvalue weighted by molar-refractivity contribution is 0.112. The van der Waals surface area contributed by atoms with Gasteiger partial charge < -0.3 is 5.11 Å². The van der Waals surface area contributed by atoms with Crippen LogP contribution in [0.2, 0.25) is 0 Å². The Bertz CT molecular complexity index is 476. The first-order chi connectivity index (χ1) is 6.24. The second-order valence-electron chi connectivity index (χ2n) is 2.58. The van der Waals surface area contributed by atoms with E-state index in [0.29, 0.717) is 16.3 Å². The molecule has 2 aromatic rings. The zero-order chi connectivity index (χ0) is 9.42. The van der Waals surface area contributed by atoms with Crippen molar-refractivity contribution in [3.8, 4) is 5.75 Å². The van der Waals surface area contributed by atoms with Gasteiger partial charge in [-0.05, 0) is 38.8 Å². The fourth-order valence-electron chi connectivity index (χ4n) is 1.19. The SMILES string of the molecule is O=Cc1c(Br)cc2ccsc2c1O. The third-order valence-electron chi connectivity index (χ3n) is 1.82. The predicted octanol–water partition coefficient (Wildman–Crippen LogP) is 3.18. The van der Waals surface area contributed by atoms with Gasteiger partial charge in [-0.25, -0.2) is 0 Å². The summed E-state index contributed by atoms with van der Waals surface area (Å²) in [5.41, 5.74) is 0.315. The van der Waals surface area contributed by atoms with Gasteiger partial charge in [0, 0.05) is 4.47 Å². The van der Waals surface area contributed by atoms with Crippen LogP contribution < -0.4 is 0 Å². The van der Waals surface area contributed by atoms with Crippen molar-refractivity contribution in [3.05, 3.63) is 27.5 Å². The average Bonchev–Trinajstić information content (AvgIpc) is 2.53. The van der Waals surface area contributed by atoms with Crippen LogP contribution in [0.15, 0.2) is 22.0 Å². The van der Waals surface area contributed by atoms with Crippen LogP contribution in [0.3, 0.4) is 0 Å². The molecule has 2 nitrogen and oxygen atoms in total. The minimum Gasteiger partial charge on any atom is -0.506 e. The van der Waals surface area contributed by atoms with Gasteiger partial charge in [0.25, 0.3) is 0 Å². The van der Waals surface area contributed by atoms with Crippen LogP contribution in [-0.2, 0) is 0 Å². The molecule has 1 aromatic heterocycles. The van der Waals surface area contributed by atoms with Gasteiger partial charge in [-0.15, -0.1) is 11.3 Å². The summed E-state index contributed by atoms with van der Waals surface area (Å²) in [5.74, 6) is 0.0642. The Morgan fingerprint density at radius 2 is 2.31 bits per heavy atom. The topological polar surface area (TPSA) is 37.3 Å². The quantitative estimate of drug-likeness (QED) is 0.796. The molecule has 0 radical (unpaired) electrons. The van der Waals surface area contributed by atoms with E-state index in [0.717, 1.165) is 10.1 Å². The van der Waals surface area contributed by atoms with E-state index in [1.165, 1.54) is 11.3 Å². The molecular weight excluding hydrogens is 252 g/mol. The maximum absolute atomic E-state index is 10.6. The van der Waals surface area contributed by atoms with E-state index >= 15 is 0 Å². The number of hydrogen-bond acceptors (Lipinski definition) is 3. The number of halogens is 1. The van der Waals surface area contributed by atoms with Gasteiger partial charge >= 0.3 is 0 Å². The fourth-order valence-corrected chi connectivity index (χ4v) is 2.55. The molecule has 0 atom stereocenters. The van der Waals surface area contributed by atoms with Crippen LogP contribution in [0.25, 0.3) is 10.1 Å². The molecule has 0 bridgehead atoms. The number of hydrogen-bond donors (Lipinski definition) is 1. The van der Waals surface area contributed by atoms with Gasteiger partial charge in [-0.3, -0.25) is 4.79 Å². The van der Waals surface area contributed by atoms with Gasteiger partial charge in [0.1, 0.15) is 5.75 Å². The second-order valence-corrected chi connectivity index (χ2v) is 4.35. The lowest BCUT2D eigenvalue weighted by atomic mass is 10.2. The summed E-state index contributed by atoms with van der Waals surface area (Å²) in [6.07, 6.45) is 0.651. The summed E-state index contributed by atoms with van der Waals surface area (Å²) >= 11 is 4.65. The molecule has 0 unspecified atom stereocenters. The molecule has 66 valence electrons. The zero-order valence-corrected chi connectivity index (χ0v) is 8.85. The lowest BCUT2D eigenvalue weighted by Gasteiger charge is -2.01. The first-order valence-electron chi connectivity index (χ1n) is 3.58. The van der Waals surface area contributed by atoms with Gasteiger partial charge in [-0.2, -0.15) is 0 Å². The third kappa shape index (κ3) is 1.26. The number of rotatable bonds is 1. The van der Waals surface area contributed by atoms with Crippen molar-refractivity contribution in [2.45, 2.75) is 0 Å². The number of thiophene rings is 1. The minimum atomic E-state index is 0.0642. The molecule has 4 heteroatoms. The van der Waals surface area contributed by atoms with Crippen molar-refractivity contribution >= 4 is 43.6 Å². The maximum Gasteiger partial charge on any atom is 0.154 e. The Hall–Kier alpha value is -0.870. The van der Waals surface area contributed by atoms with Crippen LogP contribution in [0, 0.1) is 0 Å². The molecule has 0 aliphatic heterocycles. The molecule has 13 heavy (non-hydrogen) atoms. The molecular formula is C9H5BrO2S. The Morgan fingerprint density at radius 1 is 1.54 bits per heavy atom. The summed E-state index contributed by atoms with van der Waals surface area (Å²) < 4.78 is 1.39. The summed E-state index contributed by atoms with van der Waals surface area (Å²) in [6.45, 7) is 0. The largest absolute Gasteiger partial charge is 0.506 e. The van der Waals surface area contributed by atoms with Crippen LogP contribution in [0.1, 0.15) is 10.4 Å². The van der Waals surface area contributed by atoms with Crippen molar-refractivity contribution in [1.82, 2.24) is 0 Å². The smallest absolute Gasteiger partial charge is 0.154 e. The molecule has 0 saturated carbocycles. The first-order valence-corrected chi connectivity index (χ1v) is 5.25. The van der Waals surface area contributed by atoms with E-state index in [1.54, 1.807) is 0 Å². The average molecular weight is 257 g/mol. The molecule has 2 rings (SSSR count). The molecule has 0 aliphatic rings. The van der Waals surface area contributed by atoms with Crippen molar-refractivity contribution < 1.29 is 9.90 Å². The zero-order valence-electron chi connectivity index (χ0n) is 6.45. The van der Waals surface area contributed by atoms with E-state index in [9.17, 15) is 9.90 Å². The van der Waals surface area contributed by atoms with E-state index in [2.05, 4.69) is 15.9 Å². The second kappa shape index (κ2) is 3.12. The van der Waals surface area contributed by atoms with Gasteiger partial charge in [0.15, 0.2) is 6.29 Å². The number of aromatic hydroxyl groups is 1. The van der Waals surface area contributed by atoms with Crippen LogP contribution >= 0.6 is 27.3 Å². The molecule has 0 saturated heterocycles. The van der Waals surface area contributed by atoms with E-state index in [-0.39, 0.29) is 5.75 Å². The van der Waals surface area contributed by atoms with Crippen molar-refractivity contribution in [2.24, 2.45) is 0 Å². The van der Waals surface area contributed by atoms with E-state index in [4.69, 9.17) is 0 Å². The van der Waals surface area contributed by atoms with Crippen molar-refractivity contribution in [2.75, 3.05) is 0 Å². The predicted molar refractivity (Wildman–Crippen MR) is 56.6 cm³/mol. The number of phenolic OH excluding ortho intramolecular Hbond substituents is 1. The van der Waals surface area contributed by atoms with E-state index < -0.39 is 0 Å². The van der Waals surface area contributed by atoms with E-state index in [1.807, 2.05) is 17.5 Å². The highest BCUT2D eigenvalue weighted by molar-refractivity contribution is 9.10. The van der Waals surface area contributed by atoms with Crippen LogP contribution in [0.4, 0.5) is 0 Å². The summed E-state index contributed by atoms with van der Waals surface area (Å²) in [7, 11) is 0. The fraction of sp³-hybridized carbons (Fsp3) is 0. The number of phenols is 1. The highest BCUT2D eigenvalue weighted by Gasteiger charge is 2.10. The molecule has 0 spiro atoms.